The monoisotopic (exact) mass is 242 g/mol. The van der Waals surface area contributed by atoms with Gasteiger partial charge in [-0.3, -0.25) is 4.79 Å². The maximum atomic E-state index is 11.9. The van der Waals surface area contributed by atoms with Crippen LogP contribution in [0, 0.1) is 0 Å². The number of carbonyl (C=O) groups is 1. The largest absolute Gasteiger partial charge is 0.326 e. The number of nitrogens with zero attached hydrogens (tertiary/aromatic N) is 1. The van der Waals surface area contributed by atoms with E-state index in [0.717, 1.165) is 13.0 Å². The van der Waals surface area contributed by atoms with Gasteiger partial charge >= 0.3 is 0 Å². The van der Waals surface area contributed by atoms with Crippen LogP contribution in [0.3, 0.4) is 0 Å². The topological polar surface area (TPSA) is 32.3 Å². The van der Waals surface area contributed by atoms with Gasteiger partial charge in [-0.25, -0.2) is 0 Å². The molecule has 2 rings (SSSR count). The molecular formula is C12H22N2OS. The van der Waals surface area contributed by atoms with Crippen LogP contribution in [0.2, 0.25) is 0 Å². The van der Waals surface area contributed by atoms with Crippen molar-refractivity contribution in [3.8, 4) is 0 Å². The van der Waals surface area contributed by atoms with Crippen molar-refractivity contribution >= 4 is 17.7 Å². The highest BCUT2D eigenvalue weighted by atomic mass is 32.2. The van der Waals surface area contributed by atoms with Crippen LogP contribution in [0.1, 0.15) is 39.5 Å². The minimum atomic E-state index is 0.330. The van der Waals surface area contributed by atoms with Crippen molar-refractivity contribution in [1.29, 1.82) is 0 Å². The van der Waals surface area contributed by atoms with Crippen molar-refractivity contribution in [3.63, 3.8) is 0 Å². The van der Waals surface area contributed by atoms with Gasteiger partial charge in [-0.15, -0.1) is 11.8 Å². The van der Waals surface area contributed by atoms with Crippen molar-refractivity contribution in [3.05, 3.63) is 0 Å². The first kappa shape index (κ1) is 12.2. The predicted octanol–water partition coefficient (Wildman–Crippen LogP) is 1.83. The van der Waals surface area contributed by atoms with Crippen LogP contribution in [-0.2, 0) is 4.79 Å². The van der Waals surface area contributed by atoms with Gasteiger partial charge < -0.3 is 10.2 Å². The number of piperidine rings is 1. The maximum absolute atomic E-state index is 11.9. The second-order valence-electron chi connectivity index (χ2n) is 4.77. The third-order valence-corrected chi connectivity index (χ3v) is 5.08. The Morgan fingerprint density at radius 1 is 1.56 bits per heavy atom. The average Bonchev–Trinajstić information content (AvgIpc) is 2.70. The molecule has 0 bridgehead atoms. The van der Waals surface area contributed by atoms with Crippen LogP contribution < -0.4 is 5.32 Å². The van der Waals surface area contributed by atoms with Gasteiger partial charge in [-0.2, -0.15) is 0 Å². The molecule has 92 valence electrons. The van der Waals surface area contributed by atoms with Crippen molar-refractivity contribution in [2.24, 2.45) is 0 Å². The molecule has 2 heterocycles. The fourth-order valence-corrected chi connectivity index (χ4v) is 3.96. The Morgan fingerprint density at radius 3 is 3.00 bits per heavy atom. The first-order valence-electron chi connectivity index (χ1n) is 6.40. The van der Waals surface area contributed by atoms with Crippen LogP contribution in [0.15, 0.2) is 0 Å². The number of rotatable bonds is 3. The quantitative estimate of drug-likeness (QED) is 0.819. The maximum Gasteiger partial charge on any atom is 0.233 e. The Balaban J connectivity index is 2.00. The summed E-state index contributed by atoms with van der Waals surface area (Å²) >= 11 is 1.80. The zero-order valence-electron chi connectivity index (χ0n) is 10.2. The van der Waals surface area contributed by atoms with Crippen molar-refractivity contribution in [2.75, 3.05) is 12.3 Å². The van der Waals surface area contributed by atoms with Crippen LogP contribution >= 0.6 is 11.8 Å². The van der Waals surface area contributed by atoms with E-state index in [-0.39, 0.29) is 0 Å². The number of amides is 1. The first-order valence-corrected chi connectivity index (χ1v) is 7.45. The van der Waals surface area contributed by atoms with Gasteiger partial charge in [-0.1, -0.05) is 13.3 Å². The summed E-state index contributed by atoms with van der Waals surface area (Å²) < 4.78 is 0. The van der Waals surface area contributed by atoms with Crippen molar-refractivity contribution < 1.29 is 4.79 Å². The Bertz CT molecular complexity index is 253. The van der Waals surface area contributed by atoms with Crippen LogP contribution in [0.4, 0.5) is 0 Å². The SMILES string of the molecule is CCC1SCC(=O)N1C(C)C1CCCCN1. The van der Waals surface area contributed by atoms with E-state index in [0.29, 0.717) is 29.1 Å². The highest BCUT2D eigenvalue weighted by molar-refractivity contribution is 8.00. The lowest BCUT2D eigenvalue weighted by atomic mass is 9.97. The van der Waals surface area contributed by atoms with Gasteiger partial charge in [0.25, 0.3) is 0 Å². The van der Waals surface area contributed by atoms with E-state index in [1.54, 1.807) is 11.8 Å². The van der Waals surface area contributed by atoms with Crippen LogP contribution in [-0.4, -0.2) is 40.6 Å². The van der Waals surface area contributed by atoms with E-state index in [1.807, 2.05) is 0 Å². The van der Waals surface area contributed by atoms with Gasteiger partial charge in [-0.05, 0) is 32.7 Å². The lowest BCUT2D eigenvalue weighted by Crippen LogP contribution is -2.53. The van der Waals surface area contributed by atoms with Gasteiger partial charge in [0.05, 0.1) is 11.1 Å². The van der Waals surface area contributed by atoms with Gasteiger partial charge in [0.2, 0.25) is 5.91 Å². The smallest absolute Gasteiger partial charge is 0.233 e. The van der Waals surface area contributed by atoms with E-state index in [4.69, 9.17) is 0 Å². The molecule has 1 N–H and O–H groups in total. The summed E-state index contributed by atoms with van der Waals surface area (Å²) in [7, 11) is 0. The minimum absolute atomic E-state index is 0.330. The van der Waals surface area contributed by atoms with Crippen molar-refractivity contribution in [1.82, 2.24) is 10.2 Å². The normalized spacial score (nSPS) is 33.1. The summed E-state index contributed by atoms with van der Waals surface area (Å²) in [5.74, 6) is 1.01. The molecule has 0 aliphatic carbocycles. The minimum Gasteiger partial charge on any atom is -0.326 e. The number of carbonyl (C=O) groups excluding carboxylic acids is 1. The zero-order valence-corrected chi connectivity index (χ0v) is 11.1. The van der Waals surface area contributed by atoms with Crippen molar-refractivity contribution in [2.45, 2.75) is 57.0 Å². The molecule has 0 aromatic carbocycles. The highest BCUT2D eigenvalue weighted by Gasteiger charge is 2.37. The average molecular weight is 242 g/mol. The number of hydrogen-bond donors (Lipinski definition) is 1. The fraction of sp³-hybridized carbons (Fsp3) is 0.917. The Labute approximate surface area is 102 Å². The van der Waals surface area contributed by atoms with E-state index in [2.05, 4.69) is 24.1 Å². The second-order valence-corrected chi connectivity index (χ2v) is 5.94. The van der Waals surface area contributed by atoms with Crippen LogP contribution in [0.5, 0.6) is 0 Å². The summed E-state index contributed by atoms with van der Waals surface area (Å²) in [6, 6.07) is 0.859. The molecule has 0 aromatic heterocycles. The predicted molar refractivity (Wildman–Crippen MR) is 68.5 cm³/mol. The Morgan fingerprint density at radius 2 is 2.38 bits per heavy atom. The molecule has 3 atom stereocenters. The molecule has 2 saturated heterocycles. The molecule has 0 aromatic rings. The molecular weight excluding hydrogens is 220 g/mol. The Kier molecular flexibility index (Phi) is 4.14. The van der Waals surface area contributed by atoms with Crippen LogP contribution in [0.25, 0.3) is 0 Å². The molecule has 3 nitrogen and oxygen atoms in total. The summed E-state index contributed by atoms with van der Waals surface area (Å²) in [5.41, 5.74) is 0. The second kappa shape index (κ2) is 5.41. The molecule has 3 unspecified atom stereocenters. The summed E-state index contributed by atoms with van der Waals surface area (Å²) in [6.45, 7) is 5.49. The number of thioether (sulfide) groups is 1. The summed E-state index contributed by atoms with van der Waals surface area (Å²) in [4.78, 5) is 14.0. The summed E-state index contributed by atoms with van der Waals surface area (Å²) in [5, 5.41) is 3.97. The zero-order chi connectivity index (χ0) is 11.5. The third-order valence-electron chi connectivity index (χ3n) is 3.72. The van der Waals surface area contributed by atoms with E-state index >= 15 is 0 Å². The molecule has 4 heteroatoms. The molecule has 2 fully saturated rings. The molecule has 2 aliphatic heterocycles. The van der Waals surface area contributed by atoms with E-state index < -0.39 is 0 Å². The van der Waals surface area contributed by atoms with Gasteiger partial charge in [0.1, 0.15) is 0 Å². The molecule has 0 spiro atoms. The lowest BCUT2D eigenvalue weighted by molar-refractivity contribution is -0.130. The molecule has 0 saturated carbocycles. The Hall–Kier alpha value is -0.220. The molecule has 2 aliphatic rings. The third kappa shape index (κ3) is 2.38. The van der Waals surface area contributed by atoms with Gasteiger partial charge in [0.15, 0.2) is 0 Å². The summed E-state index contributed by atoms with van der Waals surface area (Å²) in [6.07, 6.45) is 4.86. The number of hydrogen-bond acceptors (Lipinski definition) is 3. The standard InChI is InChI=1S/C12H22N2OS/c1-3-12-14(11(15)8-16-12)9(2)10-6-4-5-7-13-10/h9-10,12-13H,3-8H2,1-2H3. The molecule has 16 heavy (non-hydrogen) atoms. The number of nitrogens with one attached hydrogen (secondary N) is 1. The highest BCUT2D eigenvalue weighted by Crippen LogP contribution is 2.31. The van der Waals surface area contributed by atoms with E-state index in [1.165, 1.54) is 19.3 Å². The molecule has 1 amide bonds. The van der Waals surface area contributed by atoms with E-state index in [9.17, 15) is 4.79 Å². The first-order chi connectivity index (χ1) is 7.74. The molecule has 0 radical (unpaired) electrons. The lowest BCUT2D eigenvalue weighted by Gasteiger charge is -2.37. The van der Waals surface area contributed by atoms with Gasteiger partial charge in [0, 0.05) is 12.1 Å². The fourth-order valence-electron chi connectivity index (χ4n) is 2.77.